The molecule has 0 amide bonds. The molecule has 1 fully saturated rings. The van der Waals surface area contributed by atoms with Crippen molar-refractivity contribution in [3.05, 3.63) is 35.8 Å². The Labute approximate surface area is 119 Å². The van der Waals surface area contributed by atoms with Gasteiger partial charge in [-0.1, -0.05) is 0 Å². The second kappa shape index (κ2) is 5.22. The van der Waals surface area contributed by atoms with Crippen LogP contribution in [0.4, 0.5) is 4.39 Å². The van der Waals surface area contributed by atoms with E-state index in [1.54, 1.807) is 31.4 Å². The molecule has 2 rings (SSSR count). The molecule has 1 saturated heterocycles. The normalized spacial score (nSPS) is 21.1. The van der Waals surface area contributed by atoms with Gasteiger partial charge in [-0.2, -0.15) is 0 Å². The zero-order chi connectivity index (χ0) is 15.0. The molecule has 0 saturated carbocycles. The lowest BCUT2D eigenvalue weighted by atomic mass is 9.88. The minimum Gasteiger partial charge on any atom is -0.497 e. The molecule has 5 heteroatoms. The van der Waals surface area contributed by atoms with Gasteiger partial charge in [0.15, 0.2) is 0 Å². The van der Waals surface area contributed by atoms with Crippen molar-refractivity contribution in [1.82, 2.24) is 0 Å². The van der Waals surface area contributed by atoms with Gasteiger partial charge in [-0.3, -0.25) is 0 Å². The molecule has 1 aliphatic rings. The van der Waals surface area contributed by atoms with Crippen LogP contribution >= 0.6 is 0 Å². The van der Waals surface area contributed by atoms with Crippen molar-refractivity contribution in [3.8, 4) is 5.75 Å². The molecule has 0 radical (unpaired) electrons. The van der Waals surface area contributed by atoms with Crippen LogP contribution in [-0.2, 0) is 9.31 Å². The molecule has 1 aromatic carbocycles. The van der Waals surface area contributed by atoms with Gasteiger partial charge in [0.25, 0.3) is 0 Å². The van der Waals surface area contributed by atoms with Crippen molar-refractivity contribution < 1.29 is 18.4 Å². The number of halogens is 1. The van der Waals surface area contributed by atoms with E-state index in [1.807, 2.05) is 27.7 Å². The summed E-state index contributed by atoms with van der Waals surface area (Å²) in [7, 11) is 0.896. The average molecular weight is 278 g/mol. The van der Waals surface area contributed by atoms with Crippen molar-refractivity contribution in [2.45, 2.75) is 38.9 Å². The number of benzene rings is 1. The third-order valence-corrected chi connectivity index (χ3v) is 3.92. The maximum Gasteiger partial charge on any atom is 0.490 e. The Hall–Kier alpha value is -1.33. The van der Waals surface area contributed by atoms with Gasteiger partial charge in [-0.15, -0.1) is 0 Å². The first-order valence-electron chi connectivity index (χ1n) is 6.62. The Kier molecular flexibility index (Phi) is 3.94. The highest BCUT2D eigenvalue weighted by Crippen LogP contribution is 2.37. The summed E-state index contributed by atoms with van der Waals surface area (Å²) in [5.41, 5.74) is -0.455. The first-order valence-corrected chi connectivity index (χ1v) is 6.62. The average Bonchev–Trinajstić information content (AvgIpc) is 2.57. The fourth-order valence-electron chi connectivity index (χ4n) is 1.92. The van der Waals surface area contributed by atoms with Crippen LogP contribution in [0.3, 0.4) is 0 Å². The molecule has 108 valence electrons. The molecule has 1 aromatic rings. The van der Waals surface area contributed by atoms with Crippen LogP contribution in [0, 0.1) is 0 Å². The highest BCUT2D eigenvalue weighted by atomic mass is 19.1. The van der Waals surface area contributed by atoms with E-state index in [9.17, 15) is 4.39 Å². The molecule has 0 bridgehead atoms. The summed E-state index contributed by atoms with van der Waals surface area (Å²) in [5.74, 6) is 1.68. The monoisotopic (exact) mass is 278 g/mol. The minimum atomic E-state index is -0.679. The van der Waals surface area contributed by atoms with Crippen molar-refractivity contribution >= 4 is 12.9 Å². The van der Waals surface area contributed by atoms with Crippen molar-refractivity contribution in [2.24, 2.45) is 0 Å². The van der Waals surface area contributed by atoms with Gasteiger partial charge < -0.3 is 14.0 Å². The van der Waals surface area contributed by atoms with Crippen LogP contribution in [-0.4, -0.2) is 25.4 Å². The molecule has 1 aliphatic heterocycles. The Morgan fingerprint density at radius 1 is 1.10 bits per heavy atom. The summed E-state index contributed by atoms with van der Waals surface area (Å²) < 4.78 is 30.7. The topological polar surface area (TPSA) is 27.7 Å². The van der Waals surface area contributed by atoms with E-state index < -0.39 is 18.3 Å². The summed E-state index contributed by atoms with van der Waals surface area (Å²) >= 11 is 0. The van der Waals surface area contributed by atoms with Gasteiger partial charge in [0, 0.05) is 5.56 Å². The van der Waals surface area contributed by atoms with Gasteiger partial charge >= 0.3 is 7.12 Å². The Balaban J connectivity index is 2.15. The van der Waals surface area contributed by atoms with Gasteiger partial charge in [-0.05, 0) is 57.9 Å². The SMILES string of the molecule is COc1ccc(/C(F)=C/B2OC(C)(C)C(C)(C)O2)cc1. The van der Waals surface area contributed by atoms with E-state index in [0.717, 1.165) is 0 Å². The first kappa shape index (κ1) is 15.1. The maximum absolute atomic E-state index is 14.2. The second-order valence-corrected chi connectivity index (χ2v) is 5.87. The zero-order valence-corrected chi connectivity index (χ0v) is 12.6. The lowest BCUT2D eigenvalue weighted by Gasteiger charge is -2.32. The van der Waals surface area contributed by atoms with E-state index in [1.165, 1.54) is 5.98 Å². The third kappa shape index (κ3) is 2.89. The number of methoxy groups -OCH3 is 1. The smallest absolute Gasteiger partial charge is 0.490 e. The second-order valence-electron chi connectivity index (χ2n) is 5.87. The standard InChI is InChI=1S/C15H20BFO3/c1-14(2)15(3,4)20-16(19-14)10-13(17)11-6-8-12(18-5)9-7-11/h6-10H,1-5H3/b13-10-. The number of hydrogen-bond acceptors (Lipinski definition) is 3. The molecule has 0 unspecified atom stereocenters. The lowest BCUT2D eigenvalue weighted by Crippen LogP contribution is -2.41. The van der Waals surface area contributed by atoms with Crippen molar-refractivity contribution in [3.63, 3.8) is 0 Å². The van der Waals surface area contributed by atoms with Crippen LogP contribution in [0.15, 0.2) is 30.2 Å². The highest BCUT2D eigenvalue weighted by molar-refractivity contribution is 6.53. The molecule has 3 nitrogen and oxygen atoms in total. The summed E-state index contributed by atoms with van der Waals surface area (Å²) in [6, 6.07) is 6.76. The molecular weight excluding hydrogens is 258 g/mol. The van der Waals surface area contributed by atoms with Gasteiger partial charge in [0.2, 0.25) is 0 Å². The predicted molar refractivity (Wildman–Crippen MR) is 78.2 cm³/mol. The van der Waals surface area contributed by atoms with Crippen LogP contribution in [0.1, 0.15) is 33.3 Å². The summed E-state index contributed by atoms with van der Waals surface area (Å²) in [5, 5.41) is 0. The molecule has 1 heterocycles. The predicted octanol–water partition coefficient (Wildman–Crippen LogP) is 3.64. The summed E-state index contributed by atoms with van der Waals surface area (Å²) in [6.45, 7) is 7.75. The number of rotatable bonds is 3. The first-order chi connectivity index (χ1) is 9.25. The third-order valence-electron chi connectivity index (χ3n) is 3.92. The van der Waals surface area contributed by atoms with Gasteiger partial charge in [-0.25, -0.2) is 4.39 Å². The quantitative estimate of drug-likeness (QED) is 0.790. The van der Waals surface area contributed by atoms with Crippen molar-refractivity contribution in [2.75, 3.05) is 7.11 Å². The molecule has 0 N–H and O–H groups in total. The summed E-state index contributed by atoms with van der Waals surface area (Å²) in [6.07, 6.45) is 0. The fraction of sp³-hybridized carbons (Fsp3) is 0.467. The minimum absolute atomic E-state index is 0.369. The highest BCUT2D eigenvalue weighted by Gasteiger charge is 2.50. The van der Waals surface area contributed by atoms with E-state index >= 15 is 0 Å². The van der Waals surface area contributed by atoms with Crippen LogP contribution in [0.2, 0.25) is 0 Å². The van der Waals surface area contributed by atoms with Gasteiger partial charge in [0.1, 0.15) is 11.6 Å². The fourth-order valence-corrected chi connectivity index (χ4v) is 1.92. The van der Waals surface area contributed by atoms with Crippen LogP contribution in [0.5, 0.6) is 5.75 Å². The molecule has 0 aliphatic carbocycles. The van der Waals surface area contributed by atoms with E-state index in [0.29, 0.717) is 11.3 Å². The molecule has 0 spiro atoms. The van der Waals surface area contributed by atoms with E-state index in [4.69, 9.17) is 14.0 Å². The molecule has 0 atom stereocenters. The maximum atomic E-state index is 14.2. The largest absolute Gasteiger partial charge is 0.497 e. The lowest BCUT2D eigenvalue weighted by molar-refractivity contribution is 0.00578. The molecular formula is C15H20BFO3. The summed E-state index contributed by atoms with van der Waals surface area (Å²) in [4.78, 5) is 0. The zero-order valence-electron chi connectivity index (χ0n) is 12.6. The van der Waals surface area contributed by atoms with Crippen LogP contribution < -0.4 is 4.74 Å². The van der Waals surface area contributed by atoms with Crippen molar-refractivity contribution in [1.29, 1.82) is 0 Å². The Bertz CT molecular complexity index is 492. The Morgan fingerprint density at radius 3 is 2.05 bits per heavy atom. The molecule has 20 heavy (non-hydrogen) atoms. The van der Waals surface area contributed by atoms with E-state index in [2.05, 4.69) is 0 Å². The van der Waals surface area contributed by atoms with Crippen LogP contribution in [0.25, 0.3) is 5.83 Å². The number of ether oxygens (including phenoxy) is 1. The van der Waals surface area contributed by atoms with E-state index in [-0.39, 0.29) is 5.83 Å². The van der Waals surface area contributed by atoms with Gasteiger partial charge in [0.05, 0.1) is 18.3 Å². The molecule has 0 aromatic heterocycles. The number of hydrogen-bond donors (Lipinski definition) is 0. The Morgan fingerprint density at radius 2 is 1.60 bits per heavy atom.